The van der Waals surface area contributed by atoms with E-state index in [9.17, 15) is 4.79 Å². The van der Waals surface area contributed by atoms with Crippen LogP contribution in [0.2, 0.25) is 0 Å². The molecular formula is C12H18N2OS. The van der Waals surface area contributed by atoms with Crippen LogP contribution in [0.5, 0.6) is 0 Å². The fourth-order valence-corrected chi connectivity index (χ4v) is 1.99. The van der Waals surface area contributed by atoms with E-state index >= 15 is 0 Å². The van der Waals surface area contributed by atoms with Crippen LogP contribution in [0.1, 0.15) is 16.8 Å². The van der Waals surface area contributed by atoms with Crippen molar-refractivity contribution in [3.63, 3.8) is 0 Å². The van der Waals surface area contributed by atoms with Gasteiger partial charge in [-0.3, -0.25) is 4.79 Å². The first kappa shape index (κ1) is 13.1. The highest BCUT2D eigenvalue weighted by Crippen LogP contribution is 2.19. The topological polar surface area (TPSA) is 41.1 Å². The molecule has 0 saturated heterocycles. The second-order valence-electron chi connectivity index (χ2n) is 3.41. The third-order valence-corrected chi connectivity index (χ3v) is 3.04. The number of nitrogens with one attached hydrogen (secondary N) is 2. The number of amides is 1. The van der Waals surface area contributed by atoms with Gasteiger partial charge in [0.25, 0.3) is 5.91 Å². The molecule has 4 heteroatoms. The Morgan fingerprint density at radius 3 is 2.75 bits per heavy atom. The Morgan fingerprint density at radius 1 is 1.31 bits per heavy atom. The summed E-state index contributed by atoms with van der Waals surface area (Å²) in [4.78, 5) is 12.9. The Labute approximate surface area is 101 Å². The summed E-state index contributed by atoms with van der Waals surface area (Å²) in [6.45, 7) is 1.63. The lowest BCUT2D eigenvalue weighted by atomic mass is 10.2. The van der Waals surface area contributed by atoms with Crippen molar-refractivity contribution in [2.75, 3.05) is 26.4 Å². The van der Waals surface area contributed by atoms with Gasteiger partial charge in [-0.1, -0.05) is 12.1 Å². The Morgan fingerprint density at radius 2 is 2.06 bits per heavy atom. The summed E-state index contributed by atoms with van der Waals surface area (Å²) in [6.07, 6.45) is 2.93. The highest BCUT2D eigenvalue weighted by Gasteiger charge is 2.08. The van der Waals surface area contributed by atoms with Crippen molar-refractivity contribution in [2.24, 2.45) is 0 Å². The molecule has 1 amide bonds. The number of carbonyl (C=O) groups is 1. The zero-order valence-corrected chi connectivity index (χ0v) is 10.6. The molecule has 1 aromatic carbocycles. The van der Waals surface area contributed by atoms with Crippen molar-refractivity contribution in [1.29, 1.82) is 0 Å². The van der Waals surface area contributed by atoms with Gasteiger partial charge in [0.2, 0.25) is 0 Å². The van der Waals surface area contributed by atoms with E-state index < -0.39 is 0 Å². The Bertz CT molecular complexity index is 342. The van der Waals surface area contributed by atoms with E-state index in [-0.39, 0.29) is 5.91 Å². The van der Waals surface area contributed by atoms with Gasteiger partial charge >= 0.3 is 0 Å². The molecule has 0 aromatic heterocycles. The molecule has 0 radical (unpaired) electrons. The van der Waals surface area contributed by atoms with E-state index in [0.29, 0.717) is 6.54 Å². The number of hydrogen-bond donors (Lipinski definition) is 2. The van der Waals surface area contributed by atoms with Crippen molar-refractivity contribution >= 4 is 17.7 Å². The van der Waals surface area contributed by atoms with Gasteiger partial charge in [-0.2, -0.15) is 0 Å². The zero-order chi connectivity index (χ0) is 11.8. The Kier molecular flexibility index (Phi) is 5.96. The van der Waals surface area contributed by atoms with Gasteiger partial charge in [0.1, 0.15) is 0 Å². The second-order valence-corrected chi connectivity index (χ2v) is 4.26. The maximum absolute atomic E-state index is 11.8. The van der Waals surface area contributed by atoms with E-state index in [4.69, 9.17) is 0 Å². The third kappa shape index (κ3) is 3.87. The van der Waals surface area contributed by atoms with Crippen LogP contribution in [0.4, 0.5) is 0 Å². The highest BCUT2D eigenvalue weighted by atomic mass is 32.2. The molecule has 0 fully saturated rings. The Hall–Kier alpha value is -1.00. The minimum absolute atomic E-state index is 0.0149. The largest absolute Gasteiger partial charge is 0.352 e. The van der Waals surface area contributed by atoms with E-state index in [1.165, 1.54) is 0 Å². The molecule has 1 rings (SSSR count). The summed E-state index contributed by atoms with van der Waals surface area (Å²) in [5.74, 6) is 0.0149. The monoisotopic (exact) mass is 238 g/mol. The molecule has 0 saturated carbocycles. The fourth-order valence-electron chi connectivity index (χ4n) is 1.39. The predicted molar refractivity (Wildman–Crippen MR) is 69.1 cm³/mol. The lowest BCUT2D eigenvalue weighted by molar-refractivity contribution is 0.0950. The lowest BCUT2D eigenvalue weighted by Gasteiger charge is -2.08. The van der Waals surface area contributed by atoms with Gasteiger partial charge in [-0.25, -0.2) is 0 Å². The summed E-state index contributed by atoms with van der Waals surface area (Å²) in [5, 5.41) is 5.96. The standard InChI is InChI=1S/C12H18N2OS/c1-13-8-5-9-14-12(15)10-6-3-4-7-11(10)16-2/h3-4,6-7,13H,5,8-9H2,1-2H3,(H,14,15). The van der Waals surface area contributed by atoms with E-state index in [1.54, 1.807) is 11.8 Å². The smallest absolute Gasteiger partial charge is 0.252 e. The van der Waals surface area contributed by atoms with E-state index in [2.05, 4.69) is 10.6 Å². The number of carbonyl (C=O) groups excluding carboxylic acids is 1. The molecular weight excluding hydrogens is 220 g/mol. The quantitative estimate of drug-likeness (QED) is 0.586. The fraction of sp³-hybridized carbons (Fsp3) is 0.417. The number of hydrogen-bond acceptors (Lipinski definition) is 3. The van der Waals surface area contributed by atoms with Crippen molar-refractivity contribution in [3.05, 3.63) is 29.8 Å². The van der Waals surface area contributed by atoms with Crippen LogP contribution in [0, 0.1) is 0 Å². The average molecular weight is 238 g/mol. The Balaban J connectivity index is 2.52. The first-order valence-corrected chi connectivity index (χ1v) is 6.58. The van der Waals surface area contributed by atoms with Gasteiger partial charge in [-0.05, 0) is 38.4 Å². The summed E-state index contributed by atoms with van der Waals surface area (Å²) in [5.41, 5.74) is 0.763. The zero-order valence-electron chi connectivity index (χ0n) is 9.75. The molecule has 0 aliphatic heterocycles. The molecule has 2 N–H and O–H groups in total. The first-order valence-electron chi connectivity index (χ1n) is 5.35. The molecule has 0 spiro atoms. The second kappa shape index (κ2) is 7.30. The van der Waals surface area contributed by atoms with E-state index in [1.807, 2.05) is 37.6 Å². The van der Waals surface area contributed by atoms with Crippen molar-refractivity contribution in [1.82, 2.24) is 10.6 Å². The molecule has 0 heterocycles. The maximum Gasteiger partial charge on any atom is 0.252 e. The lowest BCUT2D eigenvalue weighted by Crippen LogP contribution is -2.26. The van der Waals surface area contributed by atoms with Gasteiger partial charge in [0, 0.05) is 11.4 Å². The maximum atomic E-state index is 11.8. The van der Waals surface area contributed by atoms with Crippen LogP contribution in [0.25, 0.3) is 0 Å². The van der Waals surface area contributed by atoms with Crippen LogP contribution in [0.15, 0.2) is 29.2 Å². The molecule has 3 nitrogen and oxygen atoms in total. The molecule has 0 unspecified atom stereocenters. The molecule has 16 heavy (non-hydrogen) atoms. The highest BCUT2D eigenvalue weighted by molar-refractivity contribution is 7.98. The minimum Gasteiger partial charge on any atom is -0.352 e. The van der Waals surface area contributed by atoms with Crippen LogP contribution in [-0.2, 0) is 0 Å². The van der Waals surface area contributed by atoms with Gasteiger partial charge < -0.3 is 10.6 Å². The van der Waals surface area contributed by atoms with Crippen LogP contribution in [-0.4, -0.2) is 32.3 Å². The predicted octanol–water partition coefficient (Wildman–Crippen LogP) is 1.75. The molecule has 0 aliphatic carbocycles. The van der Waals surface area contributed by atoms with E-state index in [0.717, 1.165) is 23.4 Å². The van der Waals surface area contributed by atoms with Gasteiger partial charge in [-0.15, -0.1) is 11.8 Å². The summed E-state index contributed by atoms with van der Waals surface area (Å²) in [7, 11) is 1.91. The van der Waals surface area contributed by atoms with Gasteiger partial charge in [0.15, 0.2) is 0 Å². The number of rotatable bonds is 6. The summed E-state index contributed by atoms with van der Waals surface area (Å²) >= 11 is 1.59. The molecule has 0 bridgehead atoms. The van der Waals surface area contributed by atoms with Crippen molar-refractivity contribution in [3.8, 4) is 0 Å². The average Bonchev–Trinajstić information content (AvgIpc) is 2.34. The molecule has 88 valence electrons. The SMILES string of the molecule is CNCCCNC(=O)c1ccccc1SC. The normalized spacial score (nSPS) is 10.1. The van der Waals surface area contributed by atoms with Crippen molar-refractivity contribution < 1.29 is 4.79 Å². The summed E-state index contributed by atoms with van der Waals surface area (Å²) < 4.78 is 0. The minimum atomic E-state index is 0.0149. The number of thioether (sulfide) groups is 1. The molecule has 1 aromatic rings. The first-order chi connectivity index (χ1) is 7.79. The van der Waals surface area contributed by atoms with Crippen LogP contribution >= 0.6 is 11.8 Å². The molecule has 0 atom stereocenters. The van der Waals surface area contributed by atoms with Crippen LogP contribution < -0.4 is 10.6 Å². The third-order valence-electron chi connectivity index (χ3n) is 2.24. The number of benzene rings is 1. The summed E-state index contributed by atoms with van der Waals surface area (Å²) in [6, 6.07) is 7.66. The van der Waals surface area contributed by atoms with Crippen LogP contribution in [0.3, 0.4) is 0 Å². The molecule has 0 aliphatic rings. The van der Waals surface area contributed by atoms with Crippen molar-refractivity contribution in [2.45, 2.75) is 11.3 Å². The van der Waals surface area contributed by atoms with Gasteiger partial charge in [0.05, 0.1) is 5.56 Å².